The van der Waals surface area contributed by atoms with Crippen LogP contribution in [0.15, 0.2) is 12.3 Å². The molecule has 134 valence electrons. The third-order valence-electron chi connectivity index (χ3n) is 5.66. The fourth-order valence-electron chi connectivity index (χ4n) is 4.60. The molecule has 6 nitrogen and oxygen atoms in total. The summed E-state index contributed by atoms with van der Waals surface area (Å²) in [5.41, 5.74) is 1.97. The van der Waals surface area contributed by atoms with Crippen LogP contribution < -0.4 is 5.32 Å². The first-order valence-electron chi connectivity index (χ1n) is 9.02. The molecule has 3 aliphatic carbocycles. The molecule has 3 saturated carbocycles. The Bertz CT molecular complexity index is 798. The van der Waals surface area contributed by atoms with Crippen LogP contribution >= 0.6 is 11.6 Å². The smallest absolute Gasteiger partial charge is 0.311 e. The van der Waals surface area contributed by atoms with Gasteiger partial charge in [-0.05, 0) is 74.6 Å². The lowest BCUT2D eigenvalue weighted by atomic mass is 9.61. The molecule has 2 aromatic heterocycles. The van der Waals surface area contributed by atoms with E-state index in [4.69, 9.17) is 16.3 Å². The quantitative estimate of drug-likeness (QED) is 0.843. The number of aryl methyl sites for hydroxylation is 1. The Kier molecular flexibility index (Phi) is 4.31. The molecule has 2 atom stereocenters. The number of anilines is 1. The van der Waals surface area contributed by atoms with Gasteiger partial charge in [-0.15, -0.1) is 5.10 Å². The molecule has 25 heavy (non-hydrogen) atoms. The molecule has 5 rings (SSSR count). The summed E-state index contributed by atoms with van der Waals surface area (Å²) in [6.07, 6.45) is 6.43. The molecule has 1 N–H and O–H groups in total. The third kappa shape index (κ3) is 2.97. The second-order valence-corrected chi connectivity index (χ2v) is 7.54. The first-order valence-corrected chi connectivity index (χ1v) is 9.40. The topological polar surface area (TPSA) is 68.5 Å². The number of nitrogens with zero attached hydrogens (tertiary/aromatic N) is 3. The maximum atomic E-state index is 12.6. The fourth-order valence-corrected chi connectivity index (χ4v) is 4.77. The number of halogens is 1. The highest BCUT2D eigenvalue weighted by Gasteiger charge is 2.48. The van der Waals surface area contributed by atoms with Gasteiger partial charge in [0.05, 0.1) is 12.5 Å². The highest BCUT2D eigenvalue weighted by molar-refractivity contribution is 6.28. The van der Waals surface area contributed by atoms with Gasteiger partial charge in [0, 0.05) is 12.2 Å². The second kappa shape index (κ2) is 6.48. The first-order chi connectivity index (χ1) is 12.1. The normalized spacial score (nSPS) is 28.3. The van der Waals surface area contributed by atoms with Crippen LogP contribution in [0, 0.1) is 24.7 Å². The molecule has 3 fully saturated rings. The zero-order valence-corrected chi connectivity index (χ0v) is 15.3. The van der Waals surface area contributed by atoms with E-state index in [1.807, 2.05) is 26.1 Å². The number of hydrogen-bond acceptors (Lipinski definition) is 5. The number of hydrogen-bond donors (Lipinski definition) is 1. The molecule has 7 heteroatoms. The molecule has 2 heterocycles. The average molecular weight is 363 g/mol. The number of fused-ring (bicyclic) bond motifs is 4. The van der Waals surface area contributed by atoms with Crippen LogP contribution in [-0.4, -0.2) is 33.2 Å². The average Bonchev–Trinajstić information content (AvgIpc) is 2.96. The highest BCUT2D eigenvalue weighted by atomic mass is 35.5. The largest absolute Gasteiger partial charge is 0.466 e. The lowest BCUT2D eigenvalue weighted by molar-refractivity contribution is -0.154. The number of carbonyl (C=O) groups excluding carboxylic acids is 1. The van der Waals surface area contributed by atoms with E-state index in [0.717, 1.165) is 36.8 Å². The lowest BCUT2D eigenvalue weighted by Gasteiger charge is -2.47. The van der Waals surface area contributed by atoms with Gasteiger partial charge in [0.15, 0.2) is 5.82 Å². The first kappa shape index (κ1) is 16.6. The molecule has 0 radical (unpaired) electrons. The Morgan fingerprint density at radius 1 is 1.36 bits per heavy atom. The van der Waals surface area contributed by atoms with Gasteiger partial charge in [0.25, 0.3) is 0 Å². The molecule has 0 saturated heterocycles. The predicted molar refractivity (Wildman–Crippen MR) is 95.7 cm³/mol. The van der Waals surface area contributed by atoms with Gasteiger partial charge in [-0.25, -0.2) is 4.52 Å². The zero-order chi connectivity index (χ0) is 17.6. The summed E-state index contributed by atoms with van der Waals surface area (Å²) in [5, 5.41) is 7.96. The van der Waals surface area contributed by atoms with Gasteiger partial charge in [0.1, 0.15) is 5.52 Å². The summed E-state index contributed by atoms with van der Waals surface area (Å²) in [7, 11) is 0. The summed E-state index contributed by atoms with van der Waals surface area (Å²) < 4.78 is 7.12. The molecule has 0 amide bonds. The minimum atomic E-state index is -0.114. The van der Waals surface area contributed by atoms with Crippen molar-refractivity contribution in [2.45, 2.75) is 45.6 Å². The van der Waals surface area contributed by atoms with E-state index in [9.17, 15) is 4.79 Å². The van der Waals surface area contributed by atoms with Crippen LogP contribution in [0.5, 0.6) is 0 Å². The van der Waals surface area contributed by atoms with Crippen LogP contribution in [0.25, 0.3) is 5.52 Å². The van der Waals surface area contributed by atoms with Crippen molar-refractivity contribution in [2.75, 3.05) is 11.9 Å². The fraction of sp³-hybridized carbons (Fsp3) is 0.611. The number of rotatable bonds is 4. The van der Waals surface area contributed by atoms with E-state index < -0.39 is 0 Å². The molecule has 2 aromatic rings. The van der Waals surface area contributed by atoms with E-state index in [0.29, 0.717) is 24.3 Å². The summed E-state index contributed by atoms with van der Waals surface area (Å²) in [6, 6.07) is 2.07. The summed E-state index contributed by atoms with van der Waals surface area (Å²) in [4.78, 5) is 17.0. The van der Waals surface area contributed by atoms with Crippen molar-refractivity contribution in [3.05, 3.63) is 23.1 Å². The maximum absolute atomic E-state index is 12.6. The highest BCUT2D eigenvalue weighted by Crippen LogP contribution is 2.46. The summed E-state index contributed by atoms with van der Waals surface area (Å²) in [6.45, 7) is 4.29. The number of nitrogens with one attached hydrogen (secondary N) is 1. The van der Waals surface area contributed by atoms with Crippen molar-refractivity contribution < 1.29 is 9.53 Å². The third-order valence-corrected chi connectivity index (χ3v) is 5.82. The standard InChI is InChI=1S/C18H23ClN4O2/c1-3-25-17(24)14-11-4-6-12(7-5-11)15(14)20-16-13-8-10(2)9-23(13)22-18(19)21-16/h8-9,11-12,14-15H,3-7H2,1-2H3,(H,20,21,22)/t11?,12?,14-,15-/m0/s1. The van der Waals surface area contributed by atoms with Crippen LogP contribution in [0.4, 0.5) is 5.82 Å². The van der Waals surface area contributed by atoms with Crippen molar-refractivity contribution in [2.24, 2.45) is 17.8 Å². The van der Waals surface area contributed by atoms with Crippen molar-refractivity contribution in [1.82, 2.24) is 14.6 Å². The molecule has 3 aliphatic rings. The molecular formula is C18H23ClN4O2. The Morgan fingerprint density at radius 3 is 2.80 bits per heavy atom. The van der Waals surface area contributed by atoms with E-state index in [1.165, 1.54) is 0 Å². The lowest BCUT2D eigenvalue weighted by Crippen LogP contribution is -2.52. The summed E-state index contributed by atoms with van der Waals surface area (Å²) in [5.74, 6) is 1.35. The van der Waals surface area contributed by atoms with Crippen molar-refractivity contribution in [3.8, 4) is 0 Å². The second-order valence-electron chi connectivity index (χ2n) is 7.20. The van der Waals surface area contributed by atoms with Crippen LogP contribution in [0.2, 0.25) is 5.28 Å². The van der Waals surface area contributed by atoms with Crippen LogP contribution in [-0.2, 0) is 9.53 Å². The molecule has 0 unspecified atom stereocenters. The molecule has 0 aromatic carbocycles. The molecular weight excluding hydrogens is 340 g/mol. The van der Waals surface area contributed by atoms with E-state index in [1.54, 1.807) is 4.52 Å². The Hall–Kier alpha value is -1.82. The maximum Gasteiger partial charge on any atom is 0.311 e. The van der Waals surface area contributed by atoms with Gasteiger partial charge < -0.3 is 10.1 Å². The predicted octanol–water partition coefficient (Wildman–Crippen LogP) is 3.47. The summed E-state index contributed by atoms with van der Waals surface area (Å²) >= 11 is 6.10. The Morgan fingerprint density at radius 2 is 2.08 bits per heavy atom. The minimum Gasteiger partial charge on any atom is -0.466 e. The number of aromatic nitrogens is 3. The minimum absolute atomic E-state index is 0.0384. The van der Waals surface area contributed by atoms with Crippen molar-refractivity contribution in [3.63, 3.8) is 0 Å². The van der Waals surface area contributed by atoms with Crippen LogP contribution in [0.1, 0.15) is 38.2 Å². The number of ether oxygens (including phenoxy) is 1. The van der Waals surface area contributed by atoms with Crippen molar-refractivity contribution in [1.29, 1.82) is 0 Å². The Balaban J connectivity index is 1.69. The molecule has 0 spiro atoms. The SMILES string of the molecule is CCOC(=O)[C@H]1C2CCC(CC2)[C@@H]1Nc1nc(Cl)nn2cc(C)cc12. The van der Waals surface area contributed by atoms with Gasteiger partial charge in [-0.1, -0.05) is 0 Å². The van der Waals surface area contributed by atoms with E-state index in [-0.39, 0.29) is 23.2 Å². The molecule has 0 aliphatic heterocycles. The van der Waals surface area contributed by atoms with E-state index in [2.05, 4.69) is 15.4 Å². The molecule has 2 bridgehead atoms. The number of carbonyl (C=O) groups is 1. The number of esters is 1. The van der Waals surface area contributed by atoms with Crippen LogP contribution in [0.3, 0.4) is 0 Å². The monoisotopic (exact) mass is 362 g/mol. The van der Waals surface area contributed by atoms with E-state index >= 15 is 0 Å². The Labute approximate surface area is 151 Å². The van der Waals surface area contributed by atoms with Crippen molar-refractivity contribution >= 4 is 28.9 Å². The van der Waals surface area contributed by atoms with Gasteiger partial charge >= 0.3 is 5.97 Å². The van der Waals surface area contributed by atoms with Gasteiger partial charge in [-0.3, -0.25) is 4.79 Å². The zero-order valence-electron chi connectivity index (χ0n) is 14.5. The van der Waals surface area contributed by atoms with Gasteiger partial charge in [-0.2, -0.15) is 4.98 Å². The van der Waals surface area contributed by atoms with Gasteiger partial charge in [0.2, 0.25) is 5.28 Å².